The molecule has 1 aromatic rings. The number of nitrogens with zero attached hydrogens (tertiary/aromatic N) is 3. The lowest BCUT2D eigenvalue weighted by Gasteiger charge is -2.22. The van der Waals surface area contributed by atoms with Crippen LogP contribution < -0.4 is 5.32 Å². The third kappa shape index (κ3) is 5.27. The summed E-state index contributed by atoms with van der Waals surface area (Å²) in [4.78, 5) is 14.2. The fourth-order valence-corrected chi connectivity index (χ4v) is 2.73. The van der Waals surface area contributed by atoms with Gasteiger partial charge in [0.05, 0.1) is 11.9 Å². The zero-order valence-electron chi connectivity index (χ0n) is 13.0. The van der Waals surface area contributed by atoms with E-state index in [0.29, 0.717) is 12.1 Å². The van der Waals surface area contributed by atoms with Crippen molar-refractivity contribution in [3.63, 3.8) is 0 Å². The maximum absolute atomic E-state index is 12.3. The summed E-state index contributed by atoms with van der Waals surface area (Å²) in [6, 6.07) is -0.0556. The Morgan fingerprint density at radius 3 is 2.64 bits per heavy atom. The van der Waals surface area contributed by atoms with Crippen molar-refractivity contribution in [3.8, 4) is 0 Å². The van der Waals surface area contributed by atoms with Gasteiger partial charge in [-0.15, -0.1) is 0 Å². The molecule has 0 aromatic carbocycles. The lowest BCUT2D eigenvalue weighted by atomic mass is 10.2. The first kappa shape index (κ1) is 16.7. The van der Waals surface area contributed by atoms with Crippen LogP contribution >= 0.6 is 0 Å². The van der Waals surface area contributed by atoms with E-state index in [4.69, 9.17) is 0 Å². The van der Waals surface area contributed by atoms with Crippen molar-refractivity contribution in [2.75, 3.05) is 18.4 Å². The molecule has 22 heavy (non-hydrogen) atoms. The monoisotopic (exact) mass is 314 g/mol. The fraction of sp³-hybridized carbons (Fsp3) is 0.733. The molecule has 1 aromatic heterocycles. The van der Waals surface area contributed by atoms with Crippen LogP contribution in [0.1, 0.15) is 39.0 Å². The second kappa shape index (κ2) is 8.10. The standard InChI is InChI=1S/C15H24F2N4O/c1-12(8-15(22)20-6-4-2-3-5-7-20)19-13-9-18-21(10-13)11-14(16)17/h9-10,12,14,19H,2-8,11H2,1H3/t12-/m1/s1. The highest BCUT2D eigenvalue weighted by Gasteiger charge is 2.18. The van der Waals surface area contributed by atoms with Gasteiger partial charge < -0.3 is 10.2 Å². The lowest BCUT2D eigenvalue weighted by Crippen LogP contribution is -2.35. The van der Waals surface area contributed by atoms with Crippen molar-refractivity contribution in [1.82, 2.24) is 14.7 Å². The number of carbonyl (C=O) groups is 1. The van der Waals surface area contributed by atoms with Crippen molar-refractivity contribution in [2.45, 2.75) is 58.0 Å². The van der Waals surface area contributed by atoms with Crippen molar-refractivity contribution in [2.24, 2.45) is 0 Å². The van der Waals surface area contributed by atoms with Gasteiger partial charge in [0, 0.05) is 31.7 Å². The molecule has 1 fully saturated rings. The highest BCUT2D eigenvalue weighted by Crippen LogP contribution is 2.14. The summed E-state index contributed by atoms with van der Waals surface area (Å²) in [5.74, 6) is 0.155. The Labute approximate surface area is 129 Å². The minimum Gasteiger partial charge on any atom is -0.380 e. The molecule has 0 radical (unpaired) electrons. The van der Waals surface area contributed by atoms with E-state index >= 15 is 0 Å². The largest absolute Gasteiger partial charge is 0.380 e. The normalized spacial score (nSPS) is 17.4. The number of aromatic nitrogens is 2. The van der Waals surface area contributed by atoms with Gasteiger partial charge in [0.2, 0.25) is 5.91 Å². The quantitative estimate of drug-likeness (QED) is 0.878. The Morgan fingerprint density at radius 1 is 1.32 bits per heavy atom. The predicted molar refractivity (Wildman–Crippen MR) is 81.0 cm³/mol. The van der Waals surface area contributed by atoms with Gasteiger partial charge in [-0.3, -0.25) is 9.48 Å². The van der Waals surface area contributed by atoms with Crippen LogP contribution in [0.15, 0.2) is 12.4 Å². The van der Waals surface area contributed by atoms with E-state index < -0.39 is 13.0 Å². The molecule has 0 aliphatic carbocycles. The van der Waals surface area contributed by atoms with Crippen LogP contribution in [-0.4, -0.2) is 46.1 Å². The number of anilines is 1. The molecule has 1 N–H and O–H groups in total. The van der Waals surface area contributed by atoms with E-state index in [1.807, 2.05) is 11.8 Å². The molecule has 1 saturated heterocycles. The third-order valence-corrected chi connectivity index (χ3v) is 3.81. The average molecular weight is 314 g/mol. The van der Waals surface area contributed by atoms with Gasteiger partial charge >= 0.3 is 0 Å². The summed E-state index contributed by atoms with van der Waals surface area (Å²) in [5.41, 5.74) is 0.664. The molecule has 124 valence electrons. The van der Waals surface area contributed by atoms with Gasteiger partial charge in [0.15, 0.2) is 0 Å². The Morgan fingerprint density at radius 2 is 2.00 bits per heavy atom. The number of hydrogen-bond donors (Lipinski definition) is 1. The number of halogens is 2. The van der Waals surface area contributed by atoms with E-state index in [1.165, 1.54) is 23.7 Å². The molecule has 1 aliphatic heterocycles. The molecule has 0 unspecified atom stereocenters. The summed E-state index contributed by atoms with van der Waals surface area (Å²) >= 11 is 0. The maximum Gasteiger partial charge on any atom is 0.257 e. The highest BCUT2D eigenvalue weighted by molar-refractivity contribution is 5.77. The van der Waals surface area contributed by atoms with Crippen LogP contribution in [0.25, 0.3) is 0 Å². The minimum absolute atomic E-state index is 0.0556. The van der Waals surface area contributed by atoms with Crippen molar-refractivity contribution >= 4 is 11.6 Å². The lowest BCUT2D eigenvalue weighted by molar-refractivity contribution is -0.131. The molecule has 0 saturated carbocycles. The number of hydrogen-bond acceptors (Lipinski definition) is 3. The molecule has 1 amide bonds. The first-order valence-corrected chi connectivity index (χ1v) is 7.89. The molecule has 0 spiro atoms. The summed E-state index contributed by atoms with van der Waals surface area (Å²) in [7, 11) is 0. The number of amides is 1. The third-order valence-electron chi connectivity index (χ3n) is 3.81. The van der Waals surface area contributed by atoms with Gasteiger partial charge in [-0.05, 0) is 19.8 Å². The molecule has 1 atom stereocenters. The zero-order valence-corrected chi connectivity index (χ0v) is 13.0. The summed E-state index contributed by atoms with van der Waals surface area (Å²) in [6.45, 7) is 3.19. The second-order valence-electron chi connectivity index (χ2n) is 5.89. The summed E-state index contributed by atoms with van der Waals surface area (Å²) in [6.07, 6.45) is 5.58. The predicted octanol–water partition coefficient (Wildman–Crippen LogP) is 2.74. The van der Waals surface area contributed by atoms with Gasteiger partial charge in [-0.25, -0.2) is 8.78 Å². The van der Waals surface area contributed by atoms with Crippen LogP contribution in [0.5, 0.6) is 0 Å². The van der Waals surface area contributed by atoms with Crippen LogP contribution in [0.2, 0.25) is 0 Å². The van der Waals surface area contributed by atoms with Gasteiger partial charge in [-0.1, -0.05) is 12.8 Å². The van der Waals surface area contributed by atoms with Crippen LogP contribution in [0.4, 0.5) is 14.5 Å². The zero-order chi connectivity index (χ0) is 15.9. The fourth-order valence-electron chi connectivity index (χ4n) is 2.73. The van der Waals surface area contributed by atoms with E-state index in [1.54, 1.807) is 6.20 Å². The summed E-state index contributed by atoms with van der Waals surface area (Å²) in [5, 5.41) is 7.02. The maximum atomic E-state index is 12.3. The number of rotatable bonds is 6. The first-order valence-electron chi connectivity index (χ1n) is 7.89. The van der Waals surface area contributed by atoms with Crippen LogP contribution in [0.3, 0.4) is 0 Å². The van der Waals surface area contributed by atoms with E-state index in [2.05, 4.69) is 10.4 Å². The molecule has 7 heteroatoms. The molecule has 1 aliphatic rings. The van der Waals surface area contributed by atoms with E-state index in [0.717, 1.165) is 25.9 Å². The Balaban J connectivity index is 1.80. The van der Waals surface area contributed by atoms with Gasteiger partial charge in [-0.2, -0.15) is 5.10 Å². The number of carbonyl (C=O) groups excluding carboxylic acids is 1. The minimum atomic E-state index is -2.42. The molecule has 2 heterocycles. The molecular weight excluding hydrogens is 290 g/mol. The van der Waals surface area contributed by atoms with Gasteiger partial charge in [0.1, 0.15) is 6.54 Å². The van der Waals surface area contributed by atoms with E-state index in [-0.39, 0.29) is 11.9 Å². The highest BCUT2D eigenvalue weighted by atomic mass is 19.3. The second-order valence-corrected chi connectivity index (χ2v) is 5.89. The van der Waals surface area contributed by atoms with Crippen LogP contribution in [0, 0.1) is 0 Å². The van der Waals surface area contributed by atoms with Crippen molar-refractivity contribution in [1.29, 1.82) is 0 Å². The average Bonchev–Trinajstić information content (AvgIpc) is 2.72. The molecular formula is C15H24F2N4O. The number of likely N-dealkylation sites (tertiary alicyclic amines) is 1. The number of nitrogens with one attached hydrogen (secondary N) is 1. The van der Waals surface area contributed by atoms with E-state index in [9.17, 15) is 13.6 Å². The van der Waals surface area contributed by atoms with Crippen molar-refractivity contribution < 1.29 is 13.6 Å². The Bertz CT molecular complexity index is 470. The molecule has 0 bridgehead atoms. The Hall–Kier alpha value is -1.66. The van der Waals surface area contributed by atoms with Crippen LogP contribution in [-0.2, 0) is 11.3 Å². The van der Waals surface area contributed by atoms with Crippen molar-refractivity contribution in [3.05, 3.63) is 12.4 Å². The summed E-state index contributed by atoms with van der Waals surface area (Å²) < 4.78 is 25.7. The molecule has 5 nitrogen and oxygen atoms in total. The first-order chi connectivity index (χ1) is 10.5. The number of alkyl halides is 2. The molecule has 2 rings (SSSR count). The topological polar surface area (TPSA) is 50.2 Å². The Kier molecular flexibility index (Phi) is 6.15. The SMILES string of the molecule is C[C@H](CC(=O)N1CCCCCC1)Nc1cnn(CC(F)F)c1. The van der Waals surface area contributed by atoms with Gasteiger partial charge in [0.25, 0.3) is 6.43 Å². The smallest absolute Gasteiger partial charge is 0.257 e.